The third kappa shape index (κ3) is 7.00. The Hall–Kier alpha value is -2.69. The second-order valence-electron chi connectivity index (χ2n) is 7.38. The minimum atomic E-state index is -0.541. The van der Waals surface area contributed by atoms with Crippen LogP contribution in [-0.2, 0) is 22.6 Å². The molecule has 2 rings (SSSR count). The van der Waals surface area contributed by atoms with Crippen molar-refractivity contribution in [1.82, 2.24) is 10.2 Å². The lowest BCUT2D eigenvalue weighted by Crippen LogP contribution is -2.49. The Kier molecular flexibility index (Phi) is 8.84. The summed E-state index contributed by atoms with van der Waals surface area (Å²) in [4.78, 5) is 27.6. The smallest absolute Gasteiger partial charge is 0.242 e. The summed E-state index contributed by atoms with van der Waals surface area (Å²) in [6.45, 7) is 6.96. The highest BCUT2D eigenvalue weighted by Crippen LogP contribution is 2.16. The maximum absolute atomic E-state index is 13.2. The summed E-state index contributed by atoms with van der Waals surface area (Å²) in [5, 5.41) is 2.96. The Labute approximate surface area is 173 Å². The zero-order valence-electron chi connectivity index (χ0n) is 17.6. The van der Waals surface area contributed by atoms with Gasteiger partial charge in [0.2, 0.25) is 11.8 Å². The summed E-state index contributed by atoms with van der Waals surface area (Å²) < 4.78 is 13.2. The van der Waals surface area contributed by atoms with E-state index in [1.165, 1.54) is 12.1 Å². The Morgan fingerprint density at radius 1 is 1.07 bits per heavy atom. The maximum Gasteiger partial charge on any atom is 0.242 e. The van der Waals surface area contributed by atoms with Crippen molar-refractivity contribution in [3.63, 3.8) is 0 Å². The highest BCUT2D eigenvalue weighted by atomic mass is 19.1. The molecule has 5 heteroatoms. The van der Waals surface area contributed by atoms with E-state index in [1.807, 2.05) is 38.1 Å². The van der Waals surface area contributed by atoms with Gasteiger partial charge in [-0.2, -0.15) is 0 Å². The molecule has 0 spiro atoms. The average Bonchev–Trinajstić information content (AvgIpc) is 2.70. The van der Waals surface area contributed by atoms with Crippen LogP contribution in [-0.4, -0.2) is 29.3 Å². The van der Waals surface area contributed by atoms with Gasteiger partial charge in [0.1, 0.15) is 11.9 Å². The van der Waals surface area contributed by atoms with Crippen molar-refractivity contribution in [3.8, 4) is 0 Å². The first-order valence-corrected chi connectivity index (χ1v) is 10.3. The van der Waals surface area contributed by atoms with E-state index in [0.29, 0.717) is 19.5 Å². The minimum Gasteiger partial charge on any atom is -0.354 e. The Morgan fingerprint density at radius 3 is 2.41 bits per heavy atom. The molecule has 1 N–H and O–H groups in total. The van der Waals surface area contributed by atoms with Gasteiger partial charge in [-0.3, -0.25) is 9.59 Å². The van der Waals surface area contributed by atoms with Crippen molar-refractivity contribution in [3.05, 3.63) is 71.0 Å². The fraction of sp³-hybridized carbons (Fsp3) is 0.417. The lowest BCUT2D eigenvalue weighted by atomic mass is 10.1. The van der Waals surface area contributed by atoms with Crippen LogP contribution in [0.15, 0.2) is 48.5 Å². The molecule has 2 aromatic carbocycles. The van der Waals surface area contributed by atoms with Gasteiger partial charge in [0, 0.05) is 13.1 Å². The molecule has 1 unspecified atom stereocenters. The van der Waals surface area contributed by atoms with Crippen LogP contribution >= 0.6 is 0 Å². The number of benzene rings is 2. The van der Waals surface area contributed by atoms with Crippen LogP contribution in [0.5, 0.6) is 0 Å². The third-order valence-corrected chi connectivity index (χ3v) is 4.92. The van der Waals surface area contributed by atoms with Gasteiger partial charge < -0.3 is 10.2 Å². The van der Waals surface area contributed by atoms with Crippen LogP contribution in [0.4, 0.5) is 4.39 Å². The van der Waals surface area contributed by atoms with Gasteiger partial charge in [-0.05, 0) is 43.0 Å². The number of amides is 2. The van der Waals surface area contributed by atoms with Gasteiger partial charge in [-0.25, -0.2) is 4.39 Å². The number of nitrogens with one attached hydrogen (secondary N) is 1. The van der Waals surface area contributed by atoms with E-state index in [-0.39, 0.29) is 24.1 Å². The molecular formula is C24H31FN2O2. The zero-order chi connectivity index (χ0) is 21.2. The minimum absolute atomic E-state index is 0.124. The van der Waals surface area contributed by atoms with Gasteiger partial charge >= 0.3 is 0 Å². The number of unbranched alkanes of at least 4 members (excludes halogenated alkanes) is 1. The summed E-state index contributed by atoms with van der Waals surface area (Å²) in [7, 11) is 0. The number of carbonyl (C=O) groups is 2. The second-order valence-corrected chi connectivity index (χ2v) is 7.38. The normalized spacial score (nSPS) is 11.7. The molecule has 0 radical (unpaired) electrons. The van der Waals surface area contributed by atoms with Crippen molar-refractivity contribution >= 4 is 11.8 Å². The van der Waals surface area contributed by atoms with E-state index in [1.54, 1.807) is 17.0 Å². The van der Waals surface area contributed by atoms with E-state index in [4.69, 9.17) is 0 Å². The summed E-state index contributed by atoms with van der Waals surface area (Å²) in [6.07, 6.45) is 2.56. The first-order valence-electron chi connectivity index (χ1n) is 10.3. The molecular weight excluding hydrogens is 367 g/mol. The monoisotopic (exact) mass is 398 g/mol. The number of hydrogen-bond acceptors (Lipinski definition) is 2. The number of nitrogens with zero attached hydrogens (tertiary/aromatic N) is 1. The molecule has 2 aromatic rings. The largest absolute Gasteiger partial charge is 0.354 e. The third-order valence-electron chi connectivity index (χ3n) is 4.92. The molecule has 2 amide bonds. The van der Waals surface area contributed by atoms with Crippen molar-refractivity contribution in [2.45, 2.75) is 59.0 Å². The van der Waals surface area contributed by atoms with Gasteiger partial charge in [-0.15, -0.1) is 0 Å². The van der Waals surface area contributed by atoms with E-state index in [9.17, 15) is 14.0 Å². The van der Waals surface area contributed by atoms with Crippen molar-refractivity contribution in [1.29, 1.82) is 0 Å². The molecule has 1 atom stereocenters. The average molecular weight is 399 g/mol. The van der Waals surface area contributed by atoms with Gasteiger partial charge in [0.05, 0.1) is 6.42 Å². The fourth-order valence-electron chi connectivity index (χ4n) is 3.31. The number of hydrogen-bond donors (Lipinski definition) is 1. The lowest BCUT2D eigenvalue weighted by Gasteiger charge is -2.31. The van der Waals surface area contributed by atoms with Crippen LogP contribution in [0.1, 0.15) is 49.8 Å². The molecule has 0 aliphatic rings. The predicted molar refractivity (Wildman–Crippen MR) is 114 cm³/mol. The second kappa shape index (κ2) is 11.3. The van der Waals surface area contributed by atoms with E-state index >= 15 is 0 Å². The first-order chi connectivity index (χ1) is 13.9. The highest BCUT2D eigenvalue weighted by Gasteiger charge is 2.28. The number of carbonyl (C=O) groups excluding carboxylic acids is 2. The molecule has 0 aliphatic heterocycles. The van der Waals surface area contributed by atoms with Crippen molar-refractivity contribution < 1.29 is 14.0 Å². The van der Waals surface area contributed by atoms with Gasteiger partial charge in [0.15, 0.2) is 0 Å². The number of aryl methyl sites for hydroxylation is 1. The lowest BCUT2D eigenvalue weighted by molar-refractivity contribution is -0.140. The molecule has 0 aliphatic carbocycles. The maximum atomic E-state index is 13.2. The molecule has 0 saturated heterocycles. The molecule has 29 heavy (non-hydrogen) atoms. The Morgan fingerprint density at radius 2 is 1.79 bits per heavy atom. The summed E-state index contributed by atoms with van der Waals surface area (Å²) in [5.74, 6) is -0.601. The fourth-order valence-corrected chi connectivity index (χ4v) is 3.31. The summed E-state index contributed by atoms with van der Waals surface area (Å²) >= 11 is 0. The zero-order valence-corrected chi connectivity index (χ0v) is 17.6. The number of rotatable bonds is 10. The quantitative estimate of drug-likeness (QED) is 0.603. The molecule has 0 fully saturated rings. The summed E-state index contributed by atoms with van der Waals surface area (Å²) in [6, 6.07) is 13.3. The molecule has 0 aromatic heterocycles. The number of halogens is 1. The highest BCUT2D eigenvalue weighted by molar-refractivity contribution is 5.88. The SMILES string of the molecule is CCCCNC(=O)C(CC)N(Cc1cccc(C)c1)C(=O)Cc1ccc(F)cc1. The summed E-state index contributed by atoms with van der Waals surface area (Å²) in [5.41, 5.74) is 2.82. The predicted octanol–water partition coefficient (Wildman–Crippen LogP) is 4.40. The Bertz CT molecular complexity index is 805. The van der Waals surface area contributed by atoms with Crippen LogP contribution in [0.25, 0.3) is 0 Å². The van der Waals surface area contributed by atoms with Crippen molar-refractivity contribution in [2.24, 2.45) is 0 Å². The van der Waals surface area contributed by atoms with Gasteiger partial charge in [0.25, 0.3) is 0 Å². The van der Waals surface area contributed by atoms with Crippen LogP contribution < -0.4 is 5.32 Å². The molecule has 0 saturated carbocycles. The van der Waals surface area contributed by atoms with Gasteiger partial charge in [-0.1, -0.05) is 62.2 Å². The molecule has 156 valence electrons. The Balaban J connectivity index is 2.23. The molecule has 0 bridgehead atoms. The standard InChI is InChI=1S/C24H31FN2O2/c1-4-6-14-26-24(29)22(5-2)27(17-20-9-7-8-18(3)15-20)23(28)16-19-10-12-21(25)13-11-19/h7-13,15,22H,4-6,14,16-17H2,1-3H3,(H,26,29). The van der Waals surface area contributed by atoms with Crippen LogP contribution in [0.2, 0.25) is 0 Å². The van der Waals surface area contributed by atoms with E-state index in [0.717, 1.165) is 29.5 Å². The van der Waals surface area contributed by atoms with E-state index < -0.39 is 6.04 Å². The topological polar surface area (TPSA) is 49.4 Å². The van der Waals surface area contributed by atoms with Crippen LogP contribution in [0.3, 0.4) is 0 Å². The van der Waals surface area contributed by atoms with E-state index in [2.05, 4.69) is 12.2 Å². The van der Waals surface area contributed by atoms with Crippen LogP contribution in [0, 0.1) is 12.7 Å². The van der Waals surface area contributed by atoms with Crippen molar-refractivity contribution in [2.75, 3.05) is 6.54 Å². The molecule has 0 heterocycles. The molecule has 4 nitrogen and oxygen atoms in total. The first kappa shape index (κ1) is 22.6.